The number of hydrogen-bond acceptors (Lipinski definition) is 3. The van der Waals surface area contributed by atoms with Crippen LogP contribution in [-0.2, 0) is 10.2 Å². The van der Waals surface area contributed by atoms with Crippen LogP contribution >= 0.6 is 0 Å². The average Bonchev–Trinajstić information content (AvgIpc) is 2.61. The fraction of sp³-hybridized carbons (Fsp3) is 0.429. The zero-order valence-corrected chi connectivity index (χ0v) is 14.7. The fourth-order valence-electron chi connectivity index (χ4n) is 2.84. The summed E-state index contributed by atoms with van der Waals surface area (Å²) < 4.78 is 10.8. The molecule has 1 aliphatic rings. The molecule has 1 aromatic rings. The van der Waals surface area contributed by atoms with E-state index in [9.17, 15) is 5.11 Å². The van der Waals surface area contributed by atoms with Crippen LogP contribution < -0.4 is 4.74 Å². The number of hydrogen-bond donors (Lipinski definition) is 1. The smallest absolute Gasteiger partial charge is 0.119 e. The Morgan fingerprint density at radius 1 is 1.25 bits per heavy atom. The number of aliphatic hydroxyl groups is 1. The van der Waals surface area contributed by atoms with Crippen molar-refractivity contribution in [1.82, 2.24) is 0 Å². The normalized spacial score (nSPS) is 18.4. The summed E-state index contributed by atoms with van der Waals surface area (Å²) in [4.78, 5) is 0. The molecule has 0 radical (unpaired) electrons. The first kappa shape index (κ1) is 18.5. The summed E-state index contributed by atoms with van der Waals surface area (Å²) in [5.74, 6) is 1.26. The van der Waals surface area contributed by atoms with Gasteiger partial charge in [0, 0.05) is 0 Å². The molecule has 0 heterocycles. The highest BCUT2D eigenvalue weighted by Crippen LogP contribution is 2.36. The first-order valence-corrected chi connectivity index (χ1v) is 8.47. The Hall–Kier alpha value is -1.84. The zero-order chi connectivity index (χ0) is 17.4. The van der Waals surface area contributed by atoms with Crippen LogP contribution in [0.4, 0.5) is 0 Å². The summed E-state index contributed by atoms with van der Waals surface area (Å²) in [6.45, 7) is 9.02. The Kier molecular flexibility index (Phi) is 6.83. The lowest BCUT2D eigenvalue weighted by Gasteiger charge is -2.33. The van der Waals surface area contributed by atoms with Gasteiger partial charge < -0.3 is 14.6 Å². The average molecular weight is 328 g/mol. The molecule has 0 saturated heterocycles. The Morgan fingerprint density at radius 2 is 2.00 bits per heavy atom. The van der Waals surface area contributed by atoms with Crippen LogP contribution in [0.15, 0.2) is 61.2 Å². The number of allylic oxidation sites excluding steroid dienone is 4. The Labute approximate surface area is 145 Å². The SMILES string of the molecule is C=CCOCC(O)COc1ccc(C(C)(C)C2C=CC=CC2)cc1. The van der Waals surface area contributed by atoms with E-state index in [-0.39, 0.29) is 18.6 Å². The molecule has 3 heteroatoms. The van der Waals surface area contributed by atoms with Crippen LogP contribution in [-0.4, -0.2) is 31.0 Å². The van der Waals surface area contributed by atoms with Gasteiger partial charge in [-0.3, -0.25) is 0 Å². The van der Waals surface area contributed by atoms with Crippen molar-refractivity contribution in [3.8, 4) is 5.75 Å². The lowest BCUT2D eigenvalue weighted by molar-refractivity contribution is 0.0214. The molecular formula is C21H28O3. The fourth-order valence-corrected chi connectivity index (χ4v) is 2.84. The second-order valence-corrected chi connectivity index (χ2v) is 6.69. The van der Waals surface area contributed by atoms with E-state index in [4.69, 9.17) is 9.47 Å². The lowest BCUT2D eigenvalue weighted by Crippen LogP contribution is -2.27. The second kappa shape index (κ2) is 8.86. The highest BCUT2D eigenvalue weighted by atomic mass is 16.5. The van der Waals surface area contributed by atoms with Crippen LogP contribution in [0.25, 0.3) is 0 Å². The van der Waals surface area contributed by atoms with Gasteiger partial charge in [0.2, 0.25) is 0 Å². The molecule has 3 nitrogen and oxygen atoms in total. The third kappa shape index (κ3) is 5.08. The van der Waals surface area contributed by atoms with Crippen molar-refractivity contribution in [3.05, 3.63) is 66.8 Å². The van der Waals surface area contributed by atoms with E-state index >= 15 is 0 Å². The molecule has 24 heavy (non-hydrogen) atoms. The molecule has 0 fully saturated rings. The molecule has 1 aliphatic carbocycles. The van der Waals surface area contributed by atoms with E-state index in [0.717, 1.165) is 12.2 Å². The van der Waals surface area contributed by atoms with Gasteiger partial charge in [-0.2, -0.15) is 0 Å². The van der Waals surface area contributed by atoms with E-state index in [0.29, 0.717) is 12.5 Å². The van der Waals surface area contributed by atoms with E-state index in [2.05, 4.69) is 56.9 Å². The maximum absolute atomic E-state index is 9.79. The minimum atomic E-state index is -0.639. The maximum Gasteiger partial charge on any atom is 0.119 e. The summed E-state index contributed by atoms with van der Waals surface area (Å²) in [6, 6.07) is 8.16. The van der Waals surface area contributed by atoms with Crippen LogP contribution in [0.1, 0.15) is 25.8 Å². The third-order valence-corrected chi connectivity index (χ3v) is 4.49. The molecule has 0 saturated carbocycles. The Bertz CT molecular complexity index is 569. The molecule has 0 amide bonds. The van der Waals surface area contributed by atoms with Crippen molar-refractivity contribution >= 4 is 0 Å². The summed E-state index contributed by atoms with van der Waals surface area (Å²) in [5, 5.41) is 9.79. The predicted molar refractivity (Wildman–Crippen MR) is 98.4 cm³/mol. The van der Waals surface area contributed by atoms with Gasteiger partial charge in [0.1, 0.15) is 18.5 Å². The molecule has 0 aromatic heterocycles. The number of benzene rings is 1. The largest absolute Gasteiger partial charge is 0.491 e. The molecule has 1 N–H and O–H groups in total. The van der Waals surface area contributed by atoms with E-state index < -0.39 is 6.10 Å². The monoisotopic (exact) mass is 328 g/mol. The van der Waals surface area contributed by atoms with Crippen molar-refractivity contribution in [2.24, 2.45) is 5.92 Å². The molecule has 1 aromatic carbocycles. The molecule has 0 spiro atoms. The molecule has 130 valence electrons. The zero-order valence-electron chi connectivity index (χ0n) is 14.7. The molecule has 0 bridgehead atoms. The van der Waals surface area contributed by atoms with Gasteiger partial charge >= 0.3 is 0 Å². The first-order chi connectivity index (χ1) is 11.5. The number of aliphatic hydroxyl groups excluding tert-OH is 1. The molecule has 2 atom stereocenters. The van der Waals surface area contributed by atoms with E-state index in [1.54, 1.807) is 6.08 Å². The number of rotatable bonds is 9. The second-order valence-electron chi connectivity index (χ2n) is 6.69. The van der Waals surface area contributed by atoms with Crippen LogP contribution in [0.2, 0.25) is 0 Å². The van der Waals surface area contributed by atoms with Gasteiger partial charge in [0.15, 0.2) is 0 Å². The van der Waals surface area contributed by atoms with Crippen molar-refractivity contribution in [2.75, 3.05) is 19.8 Å². The van der Waals surface area contributed by atoms with Crippen molar-refractivity contribution in [1.29, 1.82) is 0 Å². The maximum atomic E-state index is 9.79. The lowest BCUT2D eigenvalue weighted by atomic mass is 9.71. The molecular weight excluding hydrogens is 300 g/mol. The summed E-state index contributed by atoms with van der Waals surface area (Å²) in [5.41, 5.74) is 1.35. The van der Waals surface area contributed by atoms with E-state index in [1.165, 1.54) is 5.56 Å². The van der Waals surface area contributed by atoms with Gasteiger partial charge in [-0.05, 0) is 35.4 Å². The van der Waals surface area contributed by atoms with Crippen molar-refractivity contribution < 1.29 is 14.6 Å². The minimum absolute atomic E-state index is 0.0673. The predicted octanol–water partition coefficient (Wildman–Crippen LogP) is 4.04. The van der Waals surface area contributed by atoms with Crippen molar-refractivity contribution in [3.63, 3.8) is 0 Å². The Morgan fingerprint density at radius 3 is 2.62 bits per heavy atom. The van der Waals surface area contributed by atoms with E-state index in [1.807, 2.05) is 12.1 Å². The van der Waals surface area contributed by atoms with Gasteiger partial charge in [-0.25, -0.2) is 0 Å². The van der Waals surface area contributed by atoms with Crippen LogP contribution in [0.5, 0.6) is 5.75 Å². The molecule has 2 rings (SSSR count). The highest BCUT2D eigenvalue weighted by Gasteiger charge is 2.29. The van der Waals surface area contributed by atoms with Gasteiger partial charge in [0.05, 0.1) is 13.2 Å². The third-order valence-electron chi connectivity index (χ3n) is 4.49. The van der Waals surface area contributed by atoms with Gasteiger partial charge in [0.25, 0.3) is 0 Å². The number of ether oxygens (including phenoxy) is 2. The molecule has 0 aliphatic heterocycles. The highest BCUT2D eigenvalue weighted by molar-refractivity contribution is 5.34. The first-order valence-electron chi connectivity index (χ1n) is 8.47. The van der Waals surface area contributed by atoms with Crippen LogP contribution in [0, 0.1) is 5.92 Å². The topological polar surface area (TPSA) is 38.7 Å². The summed E-state index contributed by atoms with van der Waals surface area (Å²) in [7, 11) is 0. The van der Waals surface area contributed by atoms with Crippen molar-refractivity contribution in [2.45, 2.75) is 31.8 Å². The molecule has 2 unspecified atom stereocenters. The van der Waals surface area contributed by atoms with Gasteiger partial charge in [-0.15, -0.1) is 6.58 Å². The van der Waals surface area contributed by atoms with Crippen LogP contribution in [0.3, 0.4) is 0 Å². The quantitative estimate of drug-likeness (QED) is 0.549. The Balaban J connectivity index is 1.89. The minimum Gasteiger partial charge on any atom is -0.491 e. The summed E-state index contributed by atoms with van der Waals surface area (Å²) in [6.07, 6.45) is 10.8. The standard InChI is InChI=1S/C21H28O3/c1-4-14-23-15-19(22)16-24-20-12-10-18(11-13-20)21(2,3)17-8-6-5-7-9-17/h4-8,10-13,17,19,22H,1,9,14-16H2,2-3H3. The summed E-state index contributed by atoms with van der Waals surface area (Å²) >= 11 is 0. The van der Waals surface area contributed by atoms with Gasteiger partial charge in [-0.1, -0.05) is 56.4 Å².